The van der Waals surface area contributed by atoms with Crippen molar-refractivity contribution >= 4 is 32.7 Å². The van der Waals surface area contributed by atoms with Crippen LogP contribution >= 0.6 is 0 Å². The minimum absolute atomic E-state index is 0. The van der Waals surface area contributed by atoms with Crippen molar-refractivity contribution < 1.29 is 42.1 Å². The first-order chi connectivity index (χ1) is 18.7. The Hall–Kier alpha value is -4.04. The van der Waals surface area contributed by atoms with E-state index in [0.29, 0.717) is 16.6 Å². The molecule has 3 heterocycles. The van der Waals surface area contributed by atoms with Crippen molar-refractivity contribution in [3.8, 4) is 17.2 Å². The molecule has 0 saturated carbocycles. The maximum atomic E-state index is 11.3. The molecule has 0 amide bonds. The smallest absolute Gasteiger partial charge is 0.871 e. The van der Waals surface area contributed by atoms with Gasteiger partial charge in [0.15, 0.2) is 0 Å². The van der Waals surface area contributed by atoms with E-state index in [0.717, 1.165) is 33.2 Å². The molecule has 3 aromatic heterocycles. The number of aryl methyl sites for hydroxylation is 3. The van der Waals surface area contributed by atoms with E-state index in [-0.39, 0.29) is 45.6 Å². The second-order valence-electron chi connectivity index (χ2n) is 8.63. The van der Waals surface area contributed by atoms with Gasteiger partial charge in [-0.3, -0.25) is 15.0 Å². The van der Waals surface area contributed by atoms with Crippen LogP contribution in [0.4, 0.5) is 0 Å². The summed E-state index contributed by atoms with van der Waals surface area (Å²) in [6, 6.07) is 27.0. The molecule has 6 rings (SSSR count). The van der Waals surface area contributed by atoms with Gasteiger partial charge < -0.3 is 20.4 Å². The van der Waals surface area contributed by atoms with Crippen LogP contribution in [0.25, 0.3) is 32.7 Å². The van der Waals surface area contributed by atoms with Crippen LogP contribution in [0.15, 0.2) is 91.0 Å². The first kappa shape index (κ1) is 32.2. The monoisotopic (exact) mass is 567 g/mol. The number of benzene rings is 3. The zero-order valence-electron chi connectivity index (χ0n) is 22.8. The molecule has 7 nitrogen and oxygen atoms in total. The standard InChI is InChI=1S/3C10H9NO.C2H5O.Ti/c3*1-7-5-6-8-3-2-4-9(12)10(8)11-7;1-2-3;/h3*2-6,12H,1H3;2H2,1H3;/q;;;-1;+4/p-3. The predicted octanol–water partition coefficient (Wildman–Crippen LogP) is 4.21. The first-order valence-corrected chi connectivity index (χ1v) is 12.4. The van der Waals surface area contributed by atoms with Gasteiger partial charge in [-0.25, -0.2) is 0 Å². The second-order valence-corrected chi connectivity index (χ2v) is 8.63. The number of fused-ring (bicyclic) bond motifs is 3. The van der Waals surface area contributed by atoms with Crippen molar-refractivity contribution in [1.82, 2.24) is 15.0 Å². The van der Waals surface area contributed by atoms with Crippen LogP contribution < -0.4 is 20.4 Å². The van der Waals surface area contributed by atoms with Crippen molar-refractivity contribution in [2.24, 2.45) is 0 Å². The summed E-state index contributed by atoms with van der Waals surface area (Å²) >= 11 is 0. The molecule has 0 fully saturated rings. The fourth-order valence-electron chi connectivity index (χ4n) is 3.65. The first-order valence-electron chi connectivity index (χ1n) is 12.4. The van der Waals surface area contributed by atoms with E-state index in [2.05, 4.69) is 15.0 Å². The maximum absolute atomic E-state index is 11.3. The number of rotatable bonds is 0. The van der Waals surface area contributed by atoms with E-state index in [1.54, 1.807) is 25.1 Å². The van der Waals surface area contributed by atoms with Crippen molar-refractivity contribution in [1.29, 1.82) is 0 Å². The molecule has 6 aromatic rings. The molecule has 0 N–H and O–H groups in total. The number of hydrogen-bond donors (Lipinski definition) is 0. The van der Waals surface area contributed by atoms with E-state index in [1.807, 2.05) is 75.4 Å². The van der Waals surface area contributed by atoms with Crippen molar-refractivity contribution in [2.75, 3.05) is 6.61 Å². The molecule has 0 aliphatic carbocycles. The topological polar surface area (TPSA) is 131 Å². The molecular formula is C32H29N3O4Ti. The molecule has 3 aromatic carbocycles. The van der Waals surface area contributed by atoms with Gasteiger partial charge in [0.05, 0.1) is 16.6 Å². The van der Waals surface area contributed by atoms with Crippen LogP contribution in [0.2, 0.25) is 0 Å². The third-order valence-corrected chi connectivity index (χ3v) is 5.47. The van der Waals surface area contributed by atoms with Crippen LogP contribution in [0.5, 0.6) is 17.2 Å². The molecule has 0 bridgehead atoms. The second kappa shape index (κ2) is 15.5. The molecule has 200 valence electrons. The maximum Gasteiger partial charge on any atom is 4.00 e. The largest absolute Gasteiger partial charge is 4.00 e. The number of para-hydroxylation sites is 3. The van der Waals surface area contributed by atoms with E-state index >= 15 is 0 Å². The quantitative estimate of drug-likeness (QED) is 0.251. The number of nitrogens with zero attached hydrogens (tertiary/aromatic N) is 3. The summed E-state index contributed by atoms with van der Waals surface area (Å²) in [4.78, 5) is 12.5. The fraction of sp³-hybridized carbons (Fsp3) is 0.156. The van der Waals surface area contributed by atoms with Gasteiger partial charge >= 0.3 is 21.7 Å². The van der Waals surface area contributed by atoms with Crippen LogP contribution in [0.1, 0.15) is 24.0 Å². The Balaban J connectivity index is 0.000000198. The summed E-state index contributed by atoms with van der Waals surface area (Å²) in [6.45, 7) is 7.21. The molecule has 0 aliphatic rings. The van der Waals surface area contributed by atoms with Gasteiger partial charge in [0.25, 0.3) is 0 Å². The molecule has 40 heavy (non-hydrogen) atoms. The Bertz CT molecular complexity index is 1490. The predicted molar refractivity (Wildman–Crippen MR) is 148 cm³/mol. The van der Waals surface area contributed by atoms with E-state index in [4.69, 9.17) is 5.11 Å². The van der Waals surface area contributed by atoms with Crippen LogP contribution in [0, 0.1) is 20.8 Å². The minimum atomic E-state index is -0.00352. The molecular weight excluding hydrogens is 538 g/mol. The van der Waals surface area contributed by atoms with Crippen LogP contribution in [-0.4, -0.2) is 21.6 Å². The van der Waals surface area contributed by atoms with E-state index in [9.17, 15) is 15.3 Å². The van der Waals surface area contributed by atoms with Gasteiger partial charge in [-0.15, -0.1) is 6.61 Å². The third-order valence-electron chi connectivity index (χ3n) is 5.47. The SMILES string of the molecule is CC[O-].Cc1ccc2cccc([O-])c2n1.Cc1ccc2cccc([O-])c2n1.Cc1ccc2cccc([O-])c2n1.[Ti+4]. The zero-order valence-corrected chi connectivity index (χ0v) is 24.4. The molecule has 0 aliphatic heterocycles. The molecule has 0 atom stereocenters. The minimum Gasteiger partial charge on any atom is -0.871 e. The molecule has 0 radical (unpaired) electrons. The average Bonchev–Trinajstić information content (AvgIpc) is 2.92. The zero-order chi connectivity index (χ0) is 28.4. The Morgan fingerprint density at radius 1 is 0.475 bits per heavy atom. The van der Waals surface area contributed by atoms with Crippen molar-refractivity contribution in [3.05, 3.63) is 108 Å². The molecule has 0 unspecified atom stereocenters. The molecule has 0 spiro atoms. The number of aromatic nitrogens is 3. The van der Waals surface area contributed by atoms with Gasteiger partial charge in [-0.2, -0.15) is 0 Å². The van der Waals surface area contributed by atoms with Gasteiger partial charge in [0, 0.05) is 17.1 Å². The Morgan fingerprint density at radius 2 is 0.725 bits per heavy atom. The van der Waals surface area contributed by atoms with Gasteiger partial charge in [0.2, 0.25) is 0 Å². The van der Waals surface area contributed by atoms with Gasteiger partial charge in [0.1, 0.15) is 0 Å². The van der Waals surface area contributed by atoms with Crippen molar-refractivity contribution in [3.63, 3.8) is 0 Å². The fourth-order valence-corrected chi connectivity index (χ4v) is 3.65. The average molecular weight is 567 g/mol. The van der Waals surface area contributed by atoms with Gasteiger partial charge in [-0.1, -0.05) is 97.0 Å². The summed E-state index contributed by atoms with van der Waals surface area (Å²) in [7, 11) is 0. The Kier molecular flexibility index (Phi) is 12.5. The van der Waals surface area contributed by atoms with Crippen LogP contribution in [0.3, 0.4) is 0 Å². The summed E-state index contributed by atoms with van der Waals surface area (Å²) in [5, 5.41) is 45.5. The number of hydrogen-bond acceptors (Lipinski definition) is 7. The summed E-state index contributed by atoms with van der Waals surface area (Å²) in [5.41, 5.74) is 4.34. The molecule has 0 saturated heterocycles. The van der Waals surface area contributed by atoms with E-state index < -0.39 is 0 Å². The summed E-state index contributed by atoms with van der Waals surface area (Å²) in [6.07, 6.45) is 0. The summed E-state index contributed by atoms with van der Waals surface area (Å²) in [5.74, 6) is -0.0106. The molecule has 8 heteroatoms. The number of pyridine rings is 3. The van der Waals surface area contributed by atoms with E-state index in [1.165, 1.54) is 18.2 Å². The van der Waals surface area contributed by atoms with Crippen LogP contribution in [-0.2, 0) is 21.7 Å². The Morgan fingerprint density at radius 3 is 0.975 bits per heavy atom. The van der Waals surface area contributed by atoms with Gasteiger partial charge in [-0.05, 0) is 55.1 Å². The third kappa shape index (κ3) is 8.75. The normalized spacial score (nSPS) is 9.82. The summed E-state index contributed by atoms with van der Waals surface area (Å²) < 4.78 is 0. The Labute approximate surface area is 248 Å². The van der Waals surface area contributed by atoms with Crippen molar-refractivity contribution in [2.45, 2.75) is 27.7 Å².